The second kappa shape index (κ2) is 4.31. The highest BCUT2D eigenvalue weighted by Gasteiger charge is 2.48. The van der Waals surface area contributed by atoms with Crippen molar-refractivity contribution in [2.45, 2.75) is 62.3 Å². The second-order valence-electron chi connectivity index (χ2n) is 5.33. The lowest BCUT2D eigenvalue weighted by molar-refractivity contribution is 0.532. The van der Waals surface area contributed by atoms with Crippen LogP contribution in [-0.4, -0.2) is 18.6 Å². The van der Waals surface area contributed by atoms with Gasteiger partial charge in [0.25, 0.3) is 0 Å². The van der Waals surface area contributed by atoms with E-state index in [-0.39, 0.29) is 10.5 Å². The van der Waals surface area contributed by atoms with E-state index in [1.165, 1.54) is 6.42 Å². The van der Waals surface area contributed by atoms with Crippen LogP contribution in [0.3, 0.4) is 0 Å². The Morgan fingerprint density at radius 3 is 2.43 bits per heavy atom. The summed E-state index contributed by atoms with van der Waals surface area (Å²) in [5, 5.41) is 3.28. The summed E-state index contributed by atoms with van der Waals surface area (Å²) in [6, 6.07) is -0.154. The minimum absolute atomic E-state index is 0.154. The molecule has 0 bridgehead atoms. The lowest BCUT2D eigenvalue weighted by atomic mass is 10.1. The van der Waals surface area contributed by atoms with Gasteiger partial charge in [-0.3, -0.25) is 0 Å². The maximum Gasteiger partial charge on any atom is 0.108 e. The molecule has 1 aliphatic carbocycles. The Kier molecular flexibility index (Phi) is 3.75. The molecule has 1 saturated carbocycles. The van der Waals surface area contributed by atoms with Crippen molar-refractivity contribution in [2.24, 2.45) is 5.18 Å². The third kappa shape index (κ3) is 2.19. The molecule has 1 rings (SSSR count). The number of alkyl halides is 1. The fourth-order valence-corrected chi connectivity index (χ4v) is 4.71. The molecule has 0 amide bonds. The normalized spacial score (nSPS) is 35.0. The first-order valence-corrected chi connectivity index (χ1v) is 9.31. The average Bonchev–Trinajstić information content (AvgIpc) is 2.26. The summed E-state index contributed by atoms with van der Waals surface area (Å²) >= 11 is 6.69. The van der Waals surface area contributed by atoms with Crippen LogP contribution < -0.4 is 0 Å². The van der Waals surface area contributed by atoms with Crippen molar-refractivity contribution in [1.29, 1.82) is 0 Å². The summed E-state index contributed by atoms with van der Waals surface area (Å²) in [6.07, 6.45) is 5.32. The van der Waals surface area contributed by atoms with Gasteiger partial charge in [-0.25, -0.2) is 0 Å². The molecular weight excluding hydrogens is 214 g/mol. The van der Waals surface area contributed by atoms with E-state index in [0.29, 0.717) is 0 Å². The first kappa shape index (κ1) is 12.2. The van der Waals surface area contributed by atoms with E-state index in [4.69, 9.17) is 11.6 Å². The zero-order valence-corrected chi connectivity index (χ0v) is 11.1. The fourth-order valence-electron chi connectivity index (χ4n) is 2.30. The third-order valence-electron chi connectivity index (χ3n) is 3.42. The van der Waals surface area contributed by atoms with Crippen LogP contribution in [0.1, 0.15) is 32.1 Å². The molecule has 0 aliphatic heterocycles. The van der Waals surface area contributed by atoms with Crippen LogP contribution in [0.4, 0.5) is 0 Å². The van der Waals surface area contributed by atoms with E-state index < -0.39 is 8.07 Å². The average molecular weight is 234 g/mol. The third-order valence-corrected chi connectivity index (χ3v) is 8.64. The molecule has 0 heterocycles. The van der Waals surface area contributed by atoms with Gasteiger partial charge in [0.15, 0.2) is 0 Å². The molecule has 2 unspecified atom stereocenters. The number of nitrogens with zero attached hydrogens (tertiary/aromatic N) is 1. The molecular formula is C10H20ClNOSi. The van der Waals surface area contributed by atoms with Gasteiger partial charge in [0.1, 0.15) is 6.04 Å². The summed E-state index contributed by atoms with van der Waals surface area (Å²) in [5.74, 6) is 0. The molecule has 14 heavy (non-hydrogen) atoms. The van der Waals surface area contributed by atoms with Gasteiger partial charge in [-0.1, -0.05) is 44.1 Å². The van der Waals surface area contributed by atoms with Gasteiger partial charge in [0, 0.05) is 0 Å². The molecule has 82 valence electrons. The molecule has 0 saturated heterocycles. The Labute approximate surface area is 92.4 Å². The van der Waals surface area contributed by atoms with Gasteiger partial charge in [-0.2, -0.15) is 4.91 Å². The quantitative estimate of drug-likeness (QED) is 0.308. The SMILES string of the molecule is C[Si](C)(C)C1(Cl)CCCCCC1N=O. The smallest absolute Gasteiger partial charge is 0.108 e. The van der Waals surface area contributed by atoms with E-state index >= 15 is 0 Å². The number of rotatable bonds is 2. The van der Waals surface area contributed by atoms with E-state index in [9.17, 15) is 4.91 Å². The highest BCUT2D eigenvalue weighted by Crippen LogP contribution is 2.42. The fraction of sp³-hybridized carbons (Fsp3) is 1.00. The second-order valence-corrected chi connectivity index (χ2v) is 11.7. The lowest BCUT2D eigenvalue weighted by Crippen LogP contribution is -2.54. The first-order valence-electron chi connectivity index (χ1n) is 5.43. The van der Waals surface area contributed by atoms with Crippen molar-refractivity contribution in [1.82, 2.24) is 0 Å². The Morgan fingerprint density at radius 1 is 1.29 bits per heavy atom. The topological polar surface area (TPSA) is 29.4 Å². The van der Waals surface area contributed by atoms with Crippen LogP contribution in [0, 0.1) is 4.91 Å². The molecule has 2 nitrogen and oxygen atoms in total. The molecule has 4 heteroatoms. The summed E-state index contributed by atoms with van der Waals surface area (Å²) in [7, 11) is -1.53. The summed E-state index contributed by atoms with van der Waals surface area (Å²) in [5.41, 5.74) is 0. The zero-order chi connectivity index (χ0) is 10.8. The Balaban J connectivity index is 2.94. The van der Waals surface area contributed by atoms with Crippen molar-refractivity contribution in [3.05, 3.63) is 4.91 Å². The van der Waals surface area contributed by atoms with Crippen LogP contribution >= 0.6 is 11.6 Å². The zero-order valence-electron chi connectivity index (χ0n) is 9.35. The van der Waals surface area contributed by atoms with Gasteiger partial charge in [0.2, 0.25) is 0 Å². The van der Waals surface area contributed by atoms with E-state index in [2.05, 4.69) is 24.8 Å². The van der Waals surface area contributed by atoms with Crippen molar-refractivity contribution < 1.29 is 0 Å². The molecule has 0 radical (unpaired) electrons. The number of nitroso groups, excluding NO2 is 1. The molecule has 2 atom stereocenters. The van der Waals surface area contributed by atoms with Crippen molar-refractivity contribution in [3.63, 3.8) is 0 Å². The van der Waals surface area contributed by atoms with Gasteiger partial charge >= 0.3 is 0 Å². The monoisotopic (exact) mass is 233 g/mol. The van der Waals surface area contributed by atoms with E-state index in [0.717, 1.165) is 25.7 Å². The molecule has 1 fully saturated rings. The summed E-state index contributed by atoms with van der Waals surface area (Å²) < 4.78 is -0.300. The van der Waals surface area contributed by atoms with Gasteiger partial charge in [-0.05, 0) is 12.8 Å². The number of hydrogen-bond acceptors (Lipinski definition) is 2. The predicted molar refractivity (Wildman–Crippen MR) is 64.6 cm³/mol. The maximum absolute atomic E-state index is 10.9. The van der Waals surface area contributed by atoms with E-state index in [1.54, 1.807) is 0 Å². The van der Waals surface area contributed by atoms with Crippen LogP contribution in [0.25, 0.3) is 0 Å². The lowest BCUT2D eigenvalue weighted by Gasteiger charge is -2.40. The molecule has 0 aromatic heterocycles. The predicted octanol–water partition coefficient (Wildman–Crippen LogP) is 3.94. The highest BCUT2D eigenvalue weighted by atomic mass is 35.5. The molecule has 0 aromatic rings. The van der Waals surface area contributed by atoms with Crippen molar-refractivity contribution in [3.8, 4) is 0 Å². The minimum atomic E-state index is -1.53. The van der Waals surface area contributed by atoms with Gasteiger partial charge in [0.05, 0.1) is 12.6 Å². The minimum Gasteiger partial charge on any atom is -0.150 e. The van der Waals surface area contributed by atoms with E-state index in [1.807, 2.05) is 0 Å². The molecule has 0 spiro atoms. The van der Waals surface area contributed by atoms with Crippen LogP contribution in [0.15, 0.2) is 5.18 Å². The summed E-state index contributed by atoms with van der Waals surface area (Å²) in [4.78, 5) is 10.9. The number of hydrogen-bond donors (Lipinski definition) is 0. The van der Waals surface area contributed by atoms with Crippen molar-refractivity contribution in [2.75, 3.05) is 0 Å². The molecule has 1 aliphatic rings. The largest absolute Gasteiger partial charge is 0.150 e. The van der Waals surface area contributed by atoms with Gasteiger partial charge in [-0.15, -0.1) is 11.6 Å². The Bertz CT molecular complexity index is 217. The van der Waals surface area contributed by atoms with Crippen LogP contribution in [0.2, 0.25) is 19.6 Å². The first-order chi connectivity index (χ1) is 6.42. The van der Waals surface area contributed by atoms with Gasteiger partial charge < -0.3 is 0 Å². The summed E-state index contributed by atoms with van der Waals surface area (Å²) in [6.45, 7) is 6.72. The maximum atomic E-state index is 10.9. The van der Waals surface area contributed by atoms with Crippen LogP contribution in [-0.2, 0) is 0 Å². The standard InChI is InChI=1S/C10H20ClNOSi/c1-14(2,3)10(11)8-6-4-5-7-9(10)12-13/h9H,4-8H2,1-3H3. The van der Waals surface area contributed by atoms with Crippen molar-refractivity contribution >= 4 is 19.7 Å². The Hall–Kier alpha value is 0.107. The van der Waals surface area contributed by atoms with Crippen LogP contribution in [0.5, 0.6) is 0 Å². The molecule has 0 aromatic carbocycles. The highest BCUT2D eigenvalue weighted by molar-refractivity contribution is 6.86. The Morgan fingerprint density at radius 2 is 1.93 bits per heavy atom. The molecule has 0 N–H and O–H groups in total. The number of halogens is 1.